The van der Waals surface area contributed by atoms with Crippen LogP contribution in [0.25, 0.3) is 0 Å². The highest BCUT2D eigenvalue weighted by Gasteiger charge is 2.15. The van der Waals surface area contributed by atoms with Gasteiger partial charge in [-0.3, -0.25) is 4.79 Å². The van der Waals surface area contributed by atoms with Crippen molar-refractivity contribution in [1.82, 2.24) is 5.32 Å². The summed E-state index contributed by atoms with van der Waals surface area (Å²) in [7, 11) is 0. The Morgan fingerprint density at radius 3 is 2.74 bits per heavy atom. The number of halogens is 1. The summed E-state index contributed by atoms with van der Waals surface area (Å²) in [5.41, 5.74) is 0.928. The summed E-state index contributed by atoms with van der Waals surface area (Å²) in [6.45, 7) is 4.60. The lowest BCUT2D eigenvalue weighted by Gasteiger charge is -2.16. The molecule has 2 aromatic carbocycles. The lowest BCUT2D eigenvalue weighted by Crippen LogP contribution is -2.36. The van der Waals surface area contributed by atoms with Gasteiger partial charge in [-0.25, -0.2) is 0 Å². The van der Waals surface area contributed by atoms with Crippen LogP contribution in [-0.4, -0.2) is 18.6 Å². The molecule has 122 valence electrons. The Morgan fingerprint density at radius 1 is 1.22 bits per heavy atom. The van der Waals surface area contributed by atoms with Crippen LogP contribution >= 0.6 is 11.6 Å². The van der Waals surface area contributed by atoms with E-state index in [1.165, 1.54) is 0 Å². The molecule has 0 saturated carbocycles. The number of benzene rings is 2. The molecule has 0 saturated heterocycles. The summed E-state index contributed by atoms with van der Waals surface area (Å²) in [6.07, 6.45) is -0.618. The zero-order valence-corrected chi connectivity index (χ0v) is 14.0. The van der Waals surface area contributed by atoms with Gasteiger partial charge in [0.05, 0.1) is 6.61 Å². The molecule has 4 nitrogen and oxygen atoms in total. The van der Waals surface area contributed by atoms with Crippen molar-refractivity contribution in [2.75, 3.05) is 6.61 Å². The van der Waals surface area contributed by atoms with Crippen LogP contribution in [0, 0.1) is 0 Å². The third-order valence-electron chi connectivity index (χ3n) is 3.20. The van der Waals surface area contributed by atoms with E-state index in [2.05, 4.69) is 5.32 Å². The van der Waals surface area contributed by atoms with Crippen LogP contribution in [0.3, 0.4) is 0 Å². The number of ether oxygens (including phenoxy) is 2. The summed E-state index contributed by atoms with van der Waals surface area (Å²) in [4.78, 5) is 12.2. The van der Waals surface area contributed by atoms with Crippen molar-refractivity contribution in [2.45, 2.75) is 26.5 Å². The number of para-hydroxylation sites is 1. The molecule has 2 aromatic rings. The largest absolute Gasteiger partial charge is 0.494 e. The maximum Gasteiger partial charge on any atom is 0.261 e. The van der Waals surface area contributed by atoms with E-state index in [1.54, 1.807) is 31.2 Å². The molecule has 0 aromatic heterocycles. The molecule has 1 N–H and O–H groups in total. The molecule has 1 unspecified atom stereocenters. The predicted molar refractivity (Wildman–Crippen MR) is 91.0 cm³/mol. The molecule has 0 heterocycles. The molecule has 23 heavy (non-hydrogen) atoms. The van der Waals surface area contributed by atoms with E-state index in [-0.39, 0.29) is 5.91 Å². The normalized spacial score (nSPS) is 11.6. The van der Waals surface area contributed by atoms with Crippen molar-refractivity contribution >= 4 is 17.5 Å². The second-order valence-corrected chi connectivity index (χ2v) is 5.41. The molecular formula is C18H20ClNO3. The van der Waals surface area contributed by atoms with Crippen molar-refractivity contribution in [3.63, 3.8) is 0 Å². The van der Waals surface area contributed by atoms with Gasteiger partial charge < -0.3 is 14.8 Å². The molecular weight excluding hydrogens is 314 g/mol. The minimum Gasteiger partial charge on any atom is -0.494 e. The Hall–Kier alpha value is -2.20. The van der Waals surface area contributed by atoms with Crippen molar-refractivity contribution in [1.29, 1.82) is 0 Å². The first-order valence-corrected chi connectivity index (χ1v) is 7.88. The zero-order chi connectivity index (χ0) is 16.7. The first-order chi connectivity index (χ1) is 11.1. The molecule has 1 amide bonds. The van der Waals surface area contributed by atoms with Crippen LogP contribution in [0.15, 0.2) is 48.5 Å². The molecule has 1 atom stereocenters. The van der Waals surface area contributed by atoms with Crippen LogP contribution in [0.2, 0.25) is 5.02 Å². The Morgan fingerprint density at radius 2 is 2.00 bits per heavy atom. The van der Waals surface area contributed by atoms with E-state index in [0.717, 1.165) is 11.3 Å². The smallest absolute Gasteiger partial charge is 0.261 e. The molecule has 0 aliphatic rings. The maximum absolute atomic E-state index is 12.2. The topological polar surface area (TPSA) is 47.6 Å². The lowest BCUT2D eigenvalue weighted by molar-refractivity contribution is -0.127. The molecule has 0 aliphatic heterocycles. The first kappa shape index (κ1) is 17.2. The van der Waals surface area contributed by atoms with Crippen molar-refractivity contribution in [3.05, 3.63) is 59.1 Å². The second kappa shape index (κ2) is 8.44. The Balaban J connectivity index is 1.91. The van der Waals surface area contributed by atoms with E-state index in [4.69, 9.17) is 21.1 Å². The summed E-state index contributed by atoms with van der Waals surface area (Å²) >= 11 is 5.90. The molecule has 0 bridgehead atoms. The van der Waals surface area contributed by atoms with Crippen LogP contribution in [0.5, 0.6) is 11.5 Å². The van der Waals surface area contributed by atoms with Crippen molar-refractivity contribution in [3.8, 4) is 11.5 Å². The van der Waals surface area contributed by atoms with Gasteiger partial charge in [0.15, 0.2) is 6.10 Å². The molecule has 0 spiro atoms. The Bertz CT molecular complexity index is 660. The SMILES string of the molecule is CCOc1ccccc1CNC(=O)C(C)Oc1cccc(Cl)c1. The standard InChI is InChI=1S/C18H20ClNO3/c1-3-22-17-10-5-4-7-14(17)12-20-18(21)13(2)23-16-9-6-8-15(19)11-16/h4-11,13H,3,12H2,1-2H3,(H,20,21). The molecule has 0 radical (unpaired) electrons. The number of carbonyl (C=O) groups is 1. The van der Waals surface area contributed by atoms with Crippen LogP contribution < -0.4 is 14.8 Å². The summed E-state index contributed by atoms with van der Waals surface area (Å²) in [6, 6.07) is 14.6. The molecule has 0 aliphatic carbocycles. The van der Waals surface area contributed by atoms with E-state index in [1.807, 2.05) is 31.2 Å². The minimum absolute atomic E-state index is 0.198. The maximum atomic E-state index is 12.2. The minimum atomic E-state index is -0.618. The summed E-state index contributed by atoms with van der Waals surface area (Å²) in [5, 5.41) is 3.43. The van der Waals surface area contributed by atoms with Gasteiger partial charge in [-0.2, -0.15) is 0 Å². The highest BCUT2D eigenvalue weighted by atomic mass is 35.5. The Labute approximate surface area is 141 Å². The third kappa shape index (κ3) is 5.18. The number of rotatable bonds is 7. The predicted octanol–water partition coefficient (Wildman–Crippen LogP) is 3.82. The van der Waals surface area contributed by atoms with Crippen LogP contribution in [0.4, 0.5) is 0 Å². The van der Waals surface area contributed by atoms with Gasteiger partial charge in [-0.1, -0.05) is 35.9 Å². The average Bonchev–Trinajstić information content (AvgIpc) is 2.54. The van der Waals surface area contributed by atoms with Gasteiger partial charge in [0.2, 0.25) is 0 Å². The molecule has 0 fully saturated rings. The van der Waals surface area contributed by atoms with Gasteiger partial charge in [0.25, 0.3) is 5.91 Å². The quantitative estimate of drug-likeness (QED) is 0.837. The van der Waals surface area contributed by atoms with E-state index < -0.39 is 6.10 Å². The Kier molecular flexibility index (Phi) is 6.29. The fraction of sp³-hybridized carbons (Fsp3) is 0.278. The molecule has 5 heteroatoms. The van der Waals surface area contributed by atoms with Gasteiger partial charge in [-0.15, -0.1) is 0 Å². The van der Waals surface area contributed by atoms with Gasteiger partial charge in [-0.05, 0) is 38.1 Å². The first-order valence-electron chi connectivity index (χ1n) is 7.50. The second-order valence-electron chi connectivity index (χ2n) is 4.98. The third-order valence-corrected chi connectivity index (χ3v) is 3.44. The van der Waals surface area contributed by atoms with E-state index in [0.29, 0.717) is 23.9 Å². The van der Waals surface area contributed by atoms with E-state index >= 15 is 0 Å². The zero-order valence-electron chi connectivity index (χ0n) is 13.2. The van der Waals surface area contributed by atoms with Crippen molar-refractivity contribution in [2.24, 2.45) is 0 Å². The van der Waals surface area contributed by atoms with E-state index in [9.17, 15) is 4.79 Å². The monoisotopic (exact) mass is 333 g/mol. The average molecular weight is 334 g/mol. The lowest BCUT2D eigenvalue weighted by atomic mass is 10.2. The van der Waals surface area contributed by atoms with Gasteiger partial charge in [0.1, 0.15) is 11.5 Å². The number of hydrogen-bond acceptors (Lipinski definition) is 3. The number of nitrogens with one attached hydrogen (secondary N) is 1. The molecule has 2 rings (SSSR count). The fourth-order valence-corrected chi connectivity index (χ4v) is 2.25. The van der Waals surface area contributed by atoms with Gasteiger partial charge >= 0.3 is 0 Å². The number of amides is 1. The van der Waals surface area contributed by atoms with Crippen molar-refractivity contribution < 1.29 is 14.3 Å². The fourth-order valence-electron chi connectivity index (χ4n) is 2.07. The summed E-state index contributed by atoms with van der Waals surface area (Å²) < 4.78 is 11.1. The number of carbonyl (C=O) groups excluding carboxylic acids is 1. The highest BCUT2D eigenvalue weighted by Crippen LogP contribution is 2.19. The van der Waals surface area contributed by atoms with Crippen LogP contribution in [-0.2, 0) is 11.3 Å². The highest BCUT2D eigenvalue weighted by molar-refractivity contribution is 6.30. The van der Waals surface area contributed by atoms with Crippen LogP contribution in [0.1, 0.15) is 19.4 Å². The summed E-state index contributed by atoms with van der Waals surface area (Å²) in [5.74, 6) is 1.14. The number of hydrogen-bond donors (Lipinski definition) is 1. The van der Waals surface area contributed by atoms with Gasteiger partial charge in [0, 0.05) is 17.1 Å².